The van der Waals surface area contributed by atoms with Crippen molar-refractivity contribution in [3.63, 3.8) is 0 Å². The van der Waals surface area contributed by atoms with Crippen molar-refractivity contribution in [2.75, 3.05) is 0 Å². The Labute approximate surface area is 162 Å². The average molecular weight is 405 g/mol. The van der Waals surface area contributed by atoms with Crippen LogP contribution in [-0.2, 0) is 13.0 Å². The number of rotatable bonds is 4. The van der Waals surface area contributed by atoms with Crippen LogP contribution in [0.1, 0.15) is 21.5 Å². The lowest BCUT2D eigenvalue weighted by atomic mass is 10.1. The molecule has 27 heavy (non-hydrogen) atoms. The van der Waals surface area contributed by atoms with Crippen LogP contribution in [-0.4, -0.2) is 15.6 Å². The van der Waals surface area contributed by atoms with E-state index in [0.29, 0.717) is 21.1 Å². The van der Waals surface area contributed by atoms with Crippen LogP contribution in [0.25, 0.3) is 10.9 Å². The molecule has 0 bridgehead atoms. The normalized spacial score (nSPS) is 10.7. The quantitative estimate of drug-likeness (QED) is 0.703. The molecule has 0 aliphatic rings. The summed E-state index contributed by atoms with van der Waals surface area (Å²) >= 11 is 11.9. The fourth-order valence-electron chi connectivity index (χ4n) is 2.79. The van der Waals surface area contributed by atoms with E-state index in [-0.39, 0.29) is 23.9 Å². The second-order valence-electron chi connectivity index (χ2n) is 5.85. The molecule has 0 spiro atoms. The Kier molecular flexibility index (Phi) is 5.17. The van der Waals surface area contributed by atoms with Crippen molar-refractivity contribution < 1.29 is 14.3 Å². The standard InChI is InChI=1S/C19H11Cl2FN2O3/c20-14-2-1-10(5-15(14)21)8-24-9-13(19(26)27)18(25)12-7-16(22)11(3-4-23)6-17(12)24/h1-2,5-7,9H,3,8H2,(H,26,27). The van der Waals surface area contributed by atoms with E-state index in [0.717, 1.165) is 6.07 Å². The van der Waals surface area contributed by atoms with Crippen molar-refractivity contribution in [3.05, 3.63) is 79.3 Å². The van der Waals surface area contributed by atoms with E-state index in [1.807, 2.05) is 6.07 Å². The Balaban J connectivity index is 2.28. The number of nitrogens with zero attached hydrogens (tertiary/aromatic N) is 2. The summed E-state index contributed by atoms with van der Waals surface area (Å²) in [6, 6.07) is 9.15. The molecular weight excluding hydrogens is 394 g/mol. The summed E-state index contributed by atoms with van der Waals surface area (Å²) in [5.41, 5.74) is -0.116. The first-order valence-corrected chi connectivity index (χ1v) is 8.47. The highest BCUT2D eigenvalue weighted by molar-refractivity contribution is 6.42. The molecule has 1 heterocycles. The largest absolute Gasteiger partial charge is 0.477 e. The predicted molar refractivity (Wildman–Crippen MR) is 100 cm³/mol. The number of hydrogen-bond acceptors (Lipinski definition) is 3. The van der Waals surface area contributed by atoms with E-state index < -0.39 is 22.8 Å². The van der Waals surface area contributed by atoms with E-state index in [1.54, 1.807) is 18.2 Å². The number of carbonyl (C=O) groups is 1. The van der Waals surface area contributed by atoms with Gasteiger partial charge in [-0.1, -0.05) is 29.3 Å². The van der Waals surface area contributed by atoms with E-state index in [9.17, 15) is 19.1 Å². The Morgan fingerprint density at radius 1 is 1.22 bits per heavy atom. The molecule has 3 aromatic rings. The highest BCUT2D eigenvalue weighted by Gasteiger charge is 2.17. The van der Waals surface area contributed by atoms with Crippen LogP contribution < -0.4 is 5.43 Å². The van der Waals surface area contributed by atoms with Crippen LogP contribution in [0.2, 0.25) is 10.0 Å². The molecule has 0 fully saturated rings. The molecular formula is C19H11Cl2FN2O3. The van der Waals surface area contributed by atoms with Gasteiger partial charge in [0.1, 0.15) is 11.4 Å². The second kappa shape index (κ2) is 7.39. The molecule has 0 atom stereocenters. The van der Waals surface area contributed by atoms with Gasteiger partial charge in [0, 0.05) is 23.7 Å². The molecule has 8 heteroatoms. The lowest BCUT2D eigenvalue weighted by Gasteiger charge is -2.14. The lowest BCUT2D eigenvalue weighted by molar-refractivity contribution is 0.0695. The zero-order valence-electron chi connectivity index (χ0n) is 13.7. The average Bonchev–Trinajstić information content (AvgIpc) is 2.61. The Morgan fingerprint density at radius 2 is 1.96 bits per heavy atom. The SMILES string of the molecule is N#CCc1cc2c(cc1F)c(=O)c(C(=O)O)cn2Cc1ccc(Cl)c(Cl)c1. The van der Waals surface area contributed by atoms with Crippen molar-refractivity contribution in [3.8, 4) is 6.07 Å². The molecule has 0 saturated heterocycles. The fraction of sp³-hybridized carbons (Fsp3) is 0.105. The first-order chi connectivity index (χ1) is 12.8. The Hall–Kier alpha value is -2.88. The third-order valence-electron chi connectivity index (χ3n) is 4.09. The molecule has 0 unspecified atom stereocenters. The number of halogens is 3. The van der Waals surface area contributed by atoms with Crippen molar-refractivity contribution in [2.24, 2.45) is 0 Å². The first kappa shape index (κ1) is 18.9. The fourth-order valence-corrected chi connectivity index (χ4v) is 3.11. The van der Waals surface area contributed by atoms with Crippen LogP contribution in [0.4, 0.5) is 4.39 Å². The molecule has 1 N–H and O–H groups in total. The number of aromatic carboxylic acids is 1. The molecule has 2 aromatic carbocycles. The summed E-state index contributed by atoms with van der Waals surface area (Å²) in [5, 5.41) is 18.8. The molecule has 0 radical (unpaired) electrons. The molecule has 1 aromatic heterocycles. The zero-order chi connectivity index (χ0) is 19.7. The van der Waals surface area contributed by atoms with Gasteiger partial charge in [-0.25, -0.2) is 9.18 Å². The van der Waals surface area contributed by atoms with Gasteiger partial charge in [-0.05, 0) is 29.8 Å². The second-order valence-corrected chi connectivity index (χ2v) is 6.66. The monoisotopic (exact) mass is 404 g/mol. The lowest BCUT2D eigenvalue weighted by Crippen LogP contribution is -2.19. The number of carboxylic acids is 1. The molecule has 136 valence electrons. The zero-order valence-corrected chi connectivity index (χ0v) is 15.2. The summed E-state index contributed by atoms with van der Waals surface area (Å²) < 4.78 is 15.7. The first-order valence-electron chi connectivity index (χ1n) is 7.71. The van der Waals surface area contributed by atoms with Crippen molar-refractivity contribution in [1.82, 2.24) is 4.57 Å². The van der Waals surface area contributed by atoms with Crippen LogP contribution >= 0.6 is 23.2 Å². The topological polar surface area (TPSA) is 83.1 Å². The van der Waals surface area contributed by atoms with Gasteiger partial charge in [0.2, 0.25) is 5.43 Å². The number of nitriles is 1. The van der Waals surface area contributed by atoms with Gasteiger partial charge in [0.25, 0.3) is 0 Å². The molecule has 3 rings (SSSR count). The van der Waals surface area contributed by atoms with E-state index in [4.69, 9.17) is 28.5 Å². The molecule has 5 nitrogen and oxygen atoms in total. The summed E-state index contributed by atoms with van der Waals surface area (Å²) in [7, 11) is 0. The molecule has 0 aliphatic heterocycles. The molecule has 0 saturated carbocycles. The number of benzene rings is 2. The van der Waals surface area contributed by atoms with Crippen LogP contribution in [0.5, 0.6) is 0 Å². The maximum absolute atomic E-state index is 14.2. The van der Waals surface area contributed by atoms with E-state index in [1.165, 1.54) is 16.8 Å². The number of fused-ring (bicyclic) bond motifs is 1. The van der Waals surface area contributed by atoms with Gasteiger partial charge < -0.3 is 9.67 Å². The Bertz CT molecular complexity index is 1180. The van der Waals surface area contributed by atoms with Crippen molar-refractivity contribution in [1.29, 1.82) is 5.26 Å². The molecule has 0 aliphatic carbocycles. The third kappa shape index (κ3) is 3.65. The highest BCUT2D eigenvalue weighted by atomic mass is 35.5. The smallest absolute Gasteiger partial charge is 0.341 e. The number of carboxylic acid groups (broad SMARTS) is 1. The highest BCUT2D eigenvalue weighted by Crippen LogP contribution is 2.24. The van der Waals surface area contributed by atoms with Gasteiger partial charge >= 0.3 is 5.97 Å². The van der Waals surface area contributed by atoms with Gasteiger partial charge in [-0.2, -0.15) is 5.26 Å². The van der Waals surface area contributed by atoms with Crippen LogP contribution in [0.15, 0.2) is 41.3 Å². The molecule has 0 amide bonds. The van der Waals surface area contributed by atoms with E-state index in [2.05, 4.69) is 0 Å². The number of hydrogen-bond donors (Lipinski definition) is 1. The summed E-state index contributed by atoms with van der Waals surface area (Å²) in [5.74, 6) is -2.14. The van der Waals surface area contributed by atoms with Gasteiger partial charge in [-0.3, -0.25) is 4.79 Å². The van der Waals surface area contributed by atoms with Gasteiger partial charge in [-0.15, -0.1) is 0 Å². The summed E-state index contributed by atoms with van der Waals surface area (Å²) in [4.78, 5) is 23.9. The minimum Gasteiger partial charge on any atom is -0.477 e. The van der Waals surface area contributed by atoms with Gasteiger partial charge in [0.05, 0.1) is 28.1 Å². The maximum atomic E-state index is 14.2. The number of aromatic nitrogens is 1. The maximum Gasteiger partial charge on any atom is 0.341 e. The van der Waals surface area contributed by atoms with Crippen molar-refractivity contribution in [2.45, 2.75) is 13.0 Å². The van der Waals surface area contributed by atoms with Gasteiger partial charge in [0.15, 0.2) is 0 Å². The minimum atomic E-state index is -1.41. The van der Waals surface area contributed by atoms with E-state index >= 15 is 0 Å². The minimum absolute atomic E-state index is 0.0749. The summed E-state index contributed by atoms with van der Waals surface area (Å²) in [6.45, 7) is 0.172. The predicted octanol–water partition coefficient (Wildman–Crippen LogP) is 4.26. The van der Waals surface area contributed by atoms with Crippen LogP contribution in [0, 0.1) is 17.1 Å². The third-order valence-corrected chi connectivity index (χ3v) is 4.82. The van der Waals surface area contributed by atoms with Crippen LogP contribution in [0.3, 0.4) is 0 Å². The summed E-state index contributed by atoms with van der Waals surface area (Å²) in [6.07, 6.45) is 1.02. The Morgan fingerprint density at radius 3 is 2.59 bits per heavy atom. The number of pyridine rings is 1. The van der Waals surface area contributed by atoms with Crippen molar-refractivity contribution >= 4 is 40.1 Å².